The minimum absolute atomic E-state index is 0.399. The van der Waals surface area contributed by atoms with Crippen molar-refractivity contribution in [2.45, 2.75) is 6.42 Å². The average molecular weight is 250 g/mol. The zero-order valence-corrected chi connectivity index (χ0v) is 10.00. The zero-order valence-electron chi connectivity index (χ0n) is 9.24. The Kier molecular flexibility index (Phi) is 6.87. The summed E-state index contributed by atoms with van der Waals surface area (Å²) in [5, 5.41) is 10.6. The number of methoxy groups -OCH3 is 1. The summed E-state index contributed by atoms with van der Waals surface area (Å²) in [6.07, 6.45) is 0.584. The van der Waals surface area contributed by atoms with Gasteiger partial charge in [-0.15, -0.1) is 16.7 Å². The van der Waals surface area contributed by atoms with Crippen molar-refractivity contribution in [1.82, 2.24) is 10.2 Å². The van der Waals surface area contributed by atoms with Crippen LogP contribution < -0.4 is 5.32 Å². The molecule has 0 fully saturated rings. The lowest BCUT2D eigenvalue weighted by atomic mass is 10.5. The van der Waals surface area contributed by atoms with E-state index >= 15 is 0 Å². The Hall–Kier alpha value is -0.850. The van der Waals surface area contributed by atoms with Crippen molar-refractivity contribution >= 4 is 17.6 Å². The molecule has 6 nitrogen and oxygen atoms in total. The fourth-order valence-electron chi connectivity index (χ4n) is 0.981. The van der Waals surface area contributed by atoms with E-state index in [1.54, 1.807) is 7.11 Å². The standard InChI is InChI=1S/C9H16ClN3O3/c1-14-6-7-15-5-4-11-9-13-12-8(16-9)2-3-10/h2-7H2,1H3,(H,11,13). The lowest BCUT2D eigenvalue weighted by molar-refractivity contribution is 0.0757. The molecule has 0 unspecified atom stereocenters. The van der Waals surface area contributed by atoms with Crippen LogP contribution in [0.15, 0.2) is 4.42 Å². The van der Waals surface area contributed by atoms with E-state index in [0.29, 0.717) is 50.6 Å². The summed E-state index contributed by atoms with van der Waals surface area (Å²) in [7, 11) is 1.64. The Morgan fingerprint density at radius 3 is 2.94 bits per heavy atom. The quantitative estimate of drug-likeness (QED) is 0.519. The summed E-state index contributed by atoms with van der Waals surface area (Å²) in [4.78, 5) is 0. The van der Waals surface area contributed by atoms with Gasteiger partial charge in [0.2, 0.25) is 5.89 Å². The van der Waals surface area contributed by atoms with E-state index < -0.39 is 0 Å². The number of ether oxygens (including phenoxy) is 2. The molecule has 16 heavy (non-hydrogen) atoms. The Balaban J connectivity index is 2.07. The summed E-state index contributed by atoms with van der Waals surface area (Å²) >= 11 is 5.54. The molecule has 0 saturated carbocycles. The Morgan fingerprint density at radius 2 is 2.19 bits per heavy atom. The SMILES string of the molecule is COCCOCCNc1nnc(CCCl)o1. The topological polar surface area (TPSA) is 69.4 Å². The van der Waals surface area contributed by atoms with Crippen LogP contribution in [0.1, 0.15) is 5.89 Å². The van der Waals surface area contributed by atoms with Crippen molar-refractivity contribution in [2.24, 2.45) is 0 Å². The van der Waals surface area contributed by atoms with Crippen molar-refractivity contribution in [3.63, 3.8) is 0 Å². The molecular weight excluding hydrogens is 234 g/mol. The highest BCUT2D eigenvalue weighted by Crippen LogP contribution is 2.05. The van der Waals surface area contributed by atoms with Gasteiger partial charge in [0.15, 0.2) is 0 Å². The van der Waals surface area contributed by atoms with E-state index in [9.17, 15) is 0 Å². The van der Waals surface area contributed by atoms with Crippen LogP contribution in [0.2, 0.25) is 0 Å². The average Bonchev–Trinajstić information content (AvgIpc) is 2.72. The molecule has 0 saturated heterocycles. The van der Waals surface area contributed by atoms with Crippen LogP contribution in [0.3, 0.4) is 0 Å². The maximum atomic E-state index is 5.54. The molecule has 0 spiro atoms. The number of nitrogens with one attached hydrogen (secondary N) is 1. The molecule has 0 amide bonds. The highest BCUT2D eigenvalue weighted by Gasteiger charge is 2.03. The van der Waals surface area contributed by atoms with Crippen molar-refractivity contribution in [3.05, 3.63) is 5.89 Å². The Labute approximate surface area is 99.3 Å². The summed E-state index contributed by atoms with van der Waals surface area (Å²) in [6.45, 7) is 2.36. The molecule has 7 heteroatoms. The third-order valence-electron chi connectivity index (χ3n) is 1.73. The molecule has 0 aliphatic rings. The van der Waals surface area contributed by atoms with Gasteiger partial charge in [0.05, 0.1) is 19.8 Å². The molecule has 92 valence electrons. The first-order valence-corrected chi connectivity index (χ1v) is 5.59. The number of aryl methyl sites for hydroxylation is 1. The Morgan fingerprint density at radius 1 is 1.31 bits per heavy atom. The van der Waals surface area contributed by atoms with Gasteiger partial charge in [0, 0.05) is 26.0 Å². The van der Waals surface area contributed by atoms with Gasteiger partial charge in [-0.3, -0.25) is 0 Å². The highest BCUT2D eigenvalue weighted by atomic mass is 35.5. The van der Waals surface area contributed by atoms with Crippen LogP contribution in [-0.2, 0) is 15.9 Å². The second-order valence-corrected chi connectivity index (χ2v) is 3.35. The normalized spacial score (nSPS) is 10.6. The number of nitrogens with zero attached hydrogens (tertiary/aromatic N) is 2. The highest BCUT2D eigenvalue weighted by molar-refractivity contribution is 6.17. The summed E-state index contributed by atoms with van der Waals surface area (Å²) in [5.41, 5.74) is 0. The molecule has 0 aliphatic carbocycles. The molecular formula is C9H16ClN3O3. The largest absolute Gasteiger partial charge is 0.408 e. The minimum atomic E-state index is 0.399. The third kappa shape index (κ3) is 5.29. The van der Waals surface area contributed by atoms with E-state index in [2.05, 4.69) is 15.5 Å². The van der Waals surface area contributed by atoms with Crippen LogP contribution in [0.4, 0.5) is 6.01 Å². The van der Waals surface area contributed by atoms with Crippen LogP contribution in [-0.4, -0.2) is 49.6 Å². The monoisotopic (exact) mass is 249 g/mol. The number of rotatable bonds is 9. The number of alkyl halides is 1. The summed E-state index contributed by atoms with van der Waals surface area (Å²) in [5.74, 6) is 1.01. The first-order valence-electron chi connectivity index (χ1n) is 5.05. The van der Waals surface area contributed by atoms with E-state index in [0.717, 1.165) is 0 Å². The molecule has 1 aromatic heterocycles. The van der Waals surface area contributed by atoms with E-state index in [-0.39, 0.29) is 0 Å². The van der Waals surface area contributed by atoms with E-state index in [4.69, 9.17) is 25.5 Å². The zero-order chi connectivity index (χ0) is 11.6. The van der Waals surface area contributed by atoms with E-state index in [1.807, 2.05) is 0 Å². The number of hydrogen-bond acceptors (Lipinski definition) is 6. The van der Waals surface area contributed by atoms with Gasteiger partial charge in [-0.2, -0.15) is 0 Å². The van der Waals surface area contributed by atoms with Crippen LogP contribution >= 0.6 is 11.6 Å². The molecule has 0 aliphatic heterocycles. The molecule has 1 aromatic rings. The predicted molar refractivity (Wildman–Crippen MR) is 59.9 cm³/mol. The number of anilines is 1. The fraction of sp³-hybridized carbons (Fsp3) is 0.778. The van der Waals surface area contributed by atoms with Crippen molar-refractivity contribution < 1.29 is 13.9 Å². The van der Waals surface area contributed by atoms with Gasteiger partial charge < -0.3 is 19.2 Å². The maximum absolute atomic E-state index is 5.54. The van der Waals surface area contributed by atoms with Crippen LogP contribution in [0.5, 0.6) is 0 Å². The fourth-order valence-corrected chi connectivity index (χ4v) is 1.14. The number of halogens is 1. The molecule has 0 atom stereocenters. The van der Waals surface area contributed by atoms with Crippen molar-refractivity contribution in [2.75, 3.05) is 44.7 Å². The first kappa shape index (κ1) is 13.2. The summed E-state index contributed by atoms with van der Waals surface area (Å²) < 4.78 is 15.3. The van der Waals surface area contributed by atoms with Gasteiger partial charge in [-0.25, -0.2) is 0 Å². The van der Waals surface area contributed by atoms with Gasteiger partial charge in [-0.05, 0) is 0 Å². The van der Waals surface area contributed by atoms with Gasteiger partial charge in [0.1, 0.15) is 0 Å². The second kappa shape index (κ2) is 8.32. The van der Waals surface area contributed by atoms with Crippen molar-refractivity contribution in [1.29, 1.82) is 0 Å². The predicted octanol–water partition coefficient (Wildman–Crippen LogP) is 0.926. The van der Waals surface area contributed by atoms with Gasteiger partial charge in [-0.1, -0.05) is 5.10 Å². The molecule has 0 radical (unpaired) electrons. The van der Waals surface area contributed by atoms with Gasteiger partial charge in [0.25, 0.3) is 0 Å². The number of hydrogen-bond donors (Lipinski definition) is 1. The molecule has 0 bridgehead atoms. The lowest BCUT2D eigenvalue weighted by Gasteiger charge is -2.03. The number of aromatic nitrogens is 2. The summed E-state index contributed by atoms with van der Waals surface area (Å²) in [6, 6.07) is 0.399. The van der Waals surface area contributed by atoms with Crippen LogP contribution in [0, 0.1) is 0 Å². The maximum Gasteiger partial charge on any atom is 0.315 e. The van der Waals surface area contributed by atoms with Crippen molar-refractivity contribution in [3.8, 4) is 0 Å². The third-order valence-corrected chi connectivity index (χ3v) is 1.92. The second-order valence-electron chi connectivity index (χ2n) is 2.97. The smallest absolute Gasteiger partial charge is 0.315 e. The molecule has 1 rings (SSSR count). The minimum Gasteiger partial charge on any atom is -0.408 e. The first-order chi connectivity index (χ1) is 7.86. The lowest BCUT2D eigenvalue weighted by Crippen LogP contribution is -2.12. The molecule has 0 aromatic carbocycles. The van der Waals surface area contributed by atoms with E-state index in [1.165, 1.54) is 0 Å². The molecule has 1 heterocycles. The Bertz CT molecular complexity index is 283. The van der Waals surface area contributed by atoms with Gasteiger partial charge >= 0.3 is 6.01 Å². The van der Waals surface area contributed by atoms with Crippen LogP contribution in [0.25, 0.3) is 0 Å². The molecule has 1 N–H and O–H groups in total.